The van der Waals surface area contributed by atoms with Crippen molar-refractivity contribution in [1.29, 1.82) is 0 Å². The first-order chi connectivity index (χ1) is 9.74. The zero-order chi connectivity index (χ0) is 13.7. The van der Waals surface area contributed by atoms with Crippen molar-refractivity contribution < 1.29 is 0 Å². The van der Waals surface area contributed by atoms with Gasteiger partial charge in [-0.3, -0.25) is 0 Å². The monoisotopic (exact) mass is 263 g/mol. The van der Waals surface area contributed by atoms with Crippen molar-refractivity contribution in [2.75, 3.05) is 5.73 Å². The van der Waals surface area contributed by atoms with E-state index in [1.807, 2.05) is 0 Å². The Bertz CT molecular complexity index is 801. The standard InChI is InChI=1S/C17H17N3/c1-11-5-4-8-15-16(11)19-17(18)20(15)10-13-9-12-6-2-3-7-14(12)13/h2-8,13H,9-10H2,1H3,(H2,18,19). The molecule has 0 fully saturated rings. The maximum atomic E-state index is 6.12. The topological polar surface area (TPSA) is 43.8 Å². The molecule has 0 bridgehead atoms. The van der Waals surface area contributed by atoms with Crippen LogP contribution in [0.3, 0.4) is 0 Å². The molecule has 4 rings (SSSR count). The molecule has 0 radical (unpaired) electrons. The van der Waals surface area contributed by atoms with Gasteiger partial charge in [0, 0.05) is 12.5 Å². The van der Waals surface area contributed by atoms with E-state index in [4.69, 9.17) is 5.73 Å². The van der Waals surface area contributed by atoms with Gasteiger partial charge in [0.05, 0.1) is 11.0 Å². The fraction of sp³-hybridized carbons (Fsp3) is 0.235. The predicted molar refractivity (Wildman–Crippen MR) is 81.8 cm³/mol. The van der Waals surface area contributed by atoms with Gasteiger partial charge in [0.25, 0.3) is 0 Å². The van der Waals surface area contributed by atoms with E-state index in [1.54, 1.807) is 0 Å². The quantitative estimate of drug-likeness (QED) is 0.771. The Morgan fingerprint density at radius 3 is 2.90 bits per heavy atom. The van der Waals surface area contributed by atoms with Crippen LogP contribution in [0.25, 0.3) is 11.0 Å². The first-order valence-electron chi connectivity index (χ1n) is 7.03. The molecule has 100 valence electrons. The summed E-state index contributed by atoms with van der Waals surface area (Å²) >= 11 is 0. The van der Waals surface area contributed by atoms with Crippen molar-refractivity contribution in [3.05, 3.63) is 59.2 Å². The fourth-order valence-corrected chi connectivity index (χ4v) is 3.24. The molecule has 1 heterocycles. The molecule has 20 heavy (non-hydrogen) atoms. The molecule has 2 N–H and O–H groups in total. The molecular weight excluding hydrogens is 246 g/mol. The number of anilines is 1. The van der Waals surface area contributed by atoms with Crippen molar-refractivity contribution in [2.24, 2.45) is 0 Å². The molecule has 3 nitrogen and oxygen atoms in total. The van der Waals surface area contributed by atoms with Crippen LogP contribution in [0.4, 0.5) is 5.95 Å². The van der Waals surface area contributed by atoms with Gasteiger partial charge < -0.3 is 10.3 Å². The molecule has 2 aromatic carbocycles. The molecule has 1 aliphatic rings. The van der Waals surface area contributed by atoms with Crippen molar-refractivity contribution in [3.8, 4) is 0 Å². The first-order valence-corrected chi connectivity index (χ1v) is 7.03. The number of fused-ring (bicyclic) bond motifs is 2. The maximum Gasteiger partial charge on any atom is 0.201 e. The number of rotatable bonds is 2. The minimum absolute atomic E-state index is 0.561. The number of para-hydroxylation sites is 1. The number of hydrogen-bond acceptors (Lipinski definition) is 2. The molecule has 0 saturated carbocycles. The Labute approximate surface area is 118 Å². The summed E-state index contributed by atoms with van der Waals surface area (Å²) in [7, 11) is 0. The second kappa shape index (κ2) is 4.10. The van der Waals surface area contributed by atoms with Crippen molar-refractivity contribution >= 4 is 17.0 Å². The number of imidazole rings is 1. The van der Waals surface area contributed by atoms with E-state index >= 15 is 0 Å². The zero-order valence-electron chi connectivity index (χ0n) is 11.5. The minimum atomic E-state index is 0.561. The summed E-state index contributed by atoms with van der Waals surface area (Å²) in [4.78, 5) is 4.52. The Hall–Kier alpha value is -2.29. The molecule has 1 aliphatic carbocycles. The lowest BCUT2D eigenvalue weighted by molar-refractivity contribution is 0.521. The van der Waals surface area contributed by atoms with Crippen LogP contribution in [0.1, 0.15) is 22.6 Å². The summed E-state index contributed by atoms with van der Waals surface area (Å²) in [6.07, 6.45) is 1.14. The highest BCUT2D eigenvalue weighted by atomic mass is 15.2. The maximum absolute atomic E-state index is 6.12. The summed E-state index contributed by atoms with van der Waals surface area (Å²) in [5, 5.41) is 0. The second-order valence-corrected chi connectivity index (χ2v) is 5.62. The number of aryl methyl sites for hydroxylation is 1. The molecule has 3 heteroatoms. The van der Waals surface area contributed by atoms with Gasteiger partial charge in [-0.05, 0) is 36.1 Å². The van der Waals surface area contributed by atoms with Crippen LogP contribution in [0, 0.1) is 6.92 Å². The van der Waals surface area contributed by atoms with Gasteiger partial charge in [0.2, 0.25) is 5.95 Å². The first kappa shape index (κ1) is 11.5. The normalized spacial score (nSPS) is 16.9. The van der Waals surface area contributed by atoms with E-state index in [1.165, 1.54) is 16.7 Å². The average Bonchev–Trinajstić information content (AvgIpc) is 2.74. The predicted octanol–water partition coefficient (Wildman–Crippen LogP) is 3.27. The Kier molecular flexibility index (Phi) is 2.36. The van der Waals surface area contributed by atoms with Gasteiger partial charge in [-0.2, -0.15) is 0 Å². The Morgan fingerprint density at radius 1 is 1.20 bits per heavy atom. The van der Waals surface area contributed by atoms with Crippen LogP contribution in [0.5, 0.6) is 0 Å². The molecule has 1 atom stereocenters. The van der Waals surface area contributed by atoms with Crippen LogP contribution >= 0.6 is 0 Å². The Balaban J connectivity index is 1.74. The molecule has 0 amide bonds. The Morgan fingerprint density at radius 2 is 2.05 bits per heavy atom. The van der Waals surface area contributed by atoms with E-state index in [2.05, 4.69) is 58.9 Å². The van der Waals surface area contributed by atoms with E-state index in [0.29, 0.717) is 11.9 Å². The van der Waals surface area contributed by atoms with Gasteiger partial charge in [0.15, 0.2) is 0 Å². The average molecular weight is 263 g/mol. The van der Waals surface area contributed by atoms with E-state index in [-0.39, 0.29) is 0 Å². The summed E-state index contributed by atoms with van der Waals surface area (Å²) < 4.78 is 2.16. The van der Waals surface area contributed by atoms with Gasteiger partial charge in [-0.25, -0.2) is 4.98 Å². The lowest BCUT2D eigenvalue weighted by Crippen LogP contribution is -2.22. The van der Waals surface area contributed by atoms with Gasteiger partial charge in [-0.15, -0.1) is 0 Å². The summed E-state index contributed by atoms with van der Waals surface area (Å²) in [6, 6.07) is 14.9. The highest BCUT2D eigenvalue weighted by Crippen LogP contribution is 2.37. The van der Waals surface area contributed by atoms with Crippen LogP contribution in [-0.2, 0) is 13.0 Å². The van der Waals surface area contributed by atoms with Crippen molar-refractivity contribution in [2.45, 2.75) is 25.8 Å². The van der Waals surface area contributed by atoms with Crippen molar-refractivity contribution in [3.63, 3.8) is 0 Å². The summed E-state index contributed by atoms with van der Waals surface area (Å²) in [6.45, 7) is 3.00. The molecule has 0 aliphatic heterocycles. The molecular formula is C17H17N3. The third-order valence-electron chi connectivity index (χ3n) is 4.37. The molecule has 0 saturated heterocycles. The molecule has 0 spiro atoms. The van der Waals surface area contributed by atoms with Crippen LogP contribution < -0.4 is 5.73 Å². The number of nitrogens with two attached hydrogens (primary N) is 1. The molecule has 3 aromatic rings. The van der Waals surface area contributed by atoms with Gasteiger partial charge >= 0.3 is 0 Å². The largest absolute Gasteiger partial charge is 0.369 e. The number of nitrogens with zero attached hydrogens (tertiary/aromatic N) is 2. The lowest BCUT2D eigenvalue weighted by atomic mass is 9.77. The van der Waals surface area contributed by atoms with Crippen LogP contribution in [-0.4, -0.2) is 9.55 Å². The highest BCUT2D eigenvalue weighted by molar-refractivity contribution is 5.81. The van der Waals surface area contributed by atoms with E-state index in [9.17, 15) is 0 Å². The highest BCUT2D eigenvalue weighted by Gasteiger charge is 2.26. The number of hydrogen-bond donors (Lipinski definition) is 1. The summed E-state index contributed by atoms with van der Waals surface area (Å²) in [5.74, 6) is 1.19. The lowest BCUT2D eigenvalue weighted by Gasteiger charge is -2.30. The number of nitrogen functional groups attached to an aromatic ring is 1. The second-order valence-electron chi connectivity index (χ2n) is 5.62. The molecule has 1 aromatic heterocycles. The molecule has 1 unspecified atom stereocenters. The van der Waals surface area contributed by atoms with Crippen molar-refractivity contribution in [1.82, 2.24) is 9.55 Å². The summed E-state index contributed by atoms with van der Waals surface area (Å²) in [5.41, 5.74) is 12.4. The van der Waals surface area contributed by atoms with Crippen LogP contribution in [0.2, 0.25) is 0 Å². The SMILES string of the molecule is Cc1cccc2c1nc(N)n2CC1Cc2ccccc21. The third kappa shape index (κ3) is 1.56. The van der Waals surface area contributed by atoms with E-state index < -0.39 is 0 Å². The zero-order valence-corrected chi connectivity index (χ0v) is 11.5. The minimum Gasteiger partial charge on any atom is -0.369 e. The third-order valence-corrected chi connectivity index (χ3v) is 4.37. The fourth-order valence-electron chi connectivity index (χ4n) is 3.24. The van der Waals surface area contributed by atoms with E-state index in [0.717, 1.165) is 24.0 Å². The smallest absolute Gasteiger partial charge is 0.201 e. The van der Waals surface area contributed by atoms with Gasteiger partial charge in [0.1, 0.15) is 0 Å². The number of aromatic nitrogens is 2. The number of benzene rings is 2. The van der Waals surface area contributed by atoms with Crippen LogP contribution in [0.15, 0.2) is 42.5 Å². The van der Waals surface area contributed by atoms with Gasteiger partial charge in [-0.1, -0.05) is 36.4 Å².